The van der Waals surface area contributed by atoms with Gasteiger partial charge in [-0.05, 0) is 32.4 Å². The van der Waals surface area contributed by atoms with Gasteiger partial charge in [-0.25, -0.2) is 19.0 Å². The largest absolute Gasteiger partial charge is 0.486 e. The van der Waals surface area contributed by atoms with E-state index >= 15 is 0 Å². The highest BCUT2D eigenvalue weighted by Gasteiger charge is 2.23. The van der Waals surface area contributed by atoms with Crippen LogP contribution in [-0.4, -0.2) is 46.0 Å². The van der Waals surface area contributed by atoms with Crippen LogP contribution >= 0.6 is 24.0 Å². The van der Waals surface area contributed by atoms with Crippen molar-refractivity contribution >= 4 is 29.9 Å². The molecule has 0 aliphatic carbocycles. The van der Waals surface area contributed by atoms with E-state index in [1.54, 1.807) is 18.2 Å². The van der Waals surface area contributed by atoms with E-state index in [4.69, 9.17) is 4.74 Å². The van der Waals surface area contributed by atoms with Crippen molar-refractivity contribution in [3.05, 3.63) is 41.7 Å². The zero-order valence-corrected chi connectivity index (χ0v) is 20.4. The van der Waals surface area contributed by atoms with E-state index in [1.807, 2.05) is 18.5 Å². The Labute approximate surface area is 194 Å². The van der Waals surface area contributed by atoms with Gasteiger partial charge in [-0.2, -0.15) is 5.10 Å². The fraction of sp³-hybridized carbons (Fsp3) is 0.571. The number of halogens is 2. The highest BCUT2D eigenvalue weighted by Crippen LogP contribution is 2.18. The van der Waals surface area contributed by atoms with Crippen LogP contribution in [0.25, 0.3) is 0 Å². The second kappa shape index (κ2) is 11.5. The van der Waals surface area contributed by atoms with Crippen molar-refractivity contribution in [1.29, 1.82) is 0 Å². The zero-order valence-electron chi connectivity index (χ0n) is 18.1. The molecule has 3 rings (SSSR count). The molecule has 0 spiro atoms. The molecule has 0 saturated heterocycles. The average Bonchev–Trinajstić information content (AvgIpc) is 3.12. The van der Waals surface area contributed by atoms with Crippen LogP contribution in [0.1, 0.15) is 51.7 Å². The van der Waals surface area contributed by atoms with Crippen molar-refractivity contribution in [2.24, 2.45) is 4.99 Å². The molecule has 0 saturated carbocycles. The summed E-state index contributed by atoms with van der Waals surface area (Å²) in [6.45, 7) is 10.1. The number of aryl methyl sites for hydroxylation is 1. The summed E-state index contributed by atoms with van der Waals surface area (Å²) in [6, 6.07) is 6.65. The maximum absolute atomic E-state index is 13.8. The Hall–Kier alpha value is -1.91. The first-order chi connectivity index (χ1) is 14.0. The van der Waals surface area contributed by atoms with Crippen molar-refractivity contribution < 1.29 is 9.13 Å². The summed E-state index contributed by atoms with van der Waals surface area (Å²) in [6.07, 6.45) is 1.62. The zero-order chi connectivity index (χ0) is 20.8. The van der Waals surface area contributed by atoms with E-state index in [-0.39, 0.29) is 47.7 Å². The van der Waals surface area contributed by atoms with Gasteiger partial charge in [0.25, 0.3) is 0 Å². The molecule has 9 heteroatoms. The van der Waals surface area contributed by atoms with Gasteiger partial charge in [-0.3, -0.25) is 0 Å². The Bertz CT molecular complexity index is 841. The van der Waals surface area contributed by atoms with Crippen LogP contribution in [0.3, 0.4) is 0 Å². The molecule has 1 aliphatic heterocycles. The topological polar surface area (TPSA) is 76.4 Å². The summed E-state index contributed by atoms with van der Waals surface area (Å²) in [7, 11) is 0. The van der Waals surface area contributed by atoms with Crippen molar-refractivity contribution in [2.75, 3.05) is 13.1 Å². The highest BCUT2D eigenvalue weighted by atomic mass is 127. The smallest absolute Gasteiger partial charge is 0.191 e. The first-order valence-electron chi connectivity index (χ1n) is 10.4. The van der Waals surface area contributed by atoms with Gasteiger partial charge in [0, 0.05) is 24.9 Å². The number of guanidine groups is 1. The lowest BCUT2D eigenvalue weighted by Crippen LogP contribution is -2.47. The van der Waals surface area contributed by atoms with Crippen LogP contribution in [0, 0.1) is 5.82 Å². The summed E-state index contributed by atoms with van der Waals surface area (Å²) in [5, 5.41) is 11.4. The van der Waals surface area contributed by atoms with Crippen molar-refractivity contribution in [3.8, 4) is 5.75 Å². The third-order valence-corrected chi connectivity index (χ3v) is 4.75. The van der Waals surface area contributed by atoms with Crippen LogP contribution in [0.5, 0.6) is 5.75 Å². The standard InChI is InChI=1S/C21H31FN6O.HI/c1-5-23-21(24-12-15(4)29-18-9-7-6-8-17(18)22)25-16-10-11-19-26-20(14(2)3)27-28(19)13-16;/h6-9,14-16H,5,10-13H2,1-4H3,(H2,23,24,25);1H. The minimum absolute atomic E-state index is 0. The van der Waals surface area contributed by atoms with Crippen molar-refractivity contribution in [3.63, 3.8) is 0 Å². The fourth-order valence-corrected chi connectivity index (χ4v) is 3.22. The number of rotatable bonds is 7. The predicted octanol–water partition coefficient (Wildman–Crippen LogP) is 3.50. The SMILES string of the molecule is CCNC(=NCC(C)Oc1ccccc1F)NC1CCc2nc(C(C)C)nn2C1.I. The lowest BCUT2D eigenvalue weighted by atomic mass is 10.1. The second-order valence-corrected chi connectivity index (χ2v) is 7.68. The minimum Gasteiger partial charge on any atom is -0.486 e. The molecular formula is C21H32FIN6O. The number of aliphatic imine (C=N–C) groups is 1. The van der Waals surface area contributed by atoms with Gasteiger partial charge in [0.05, 0.1) is 13.1 Å². The minimum atomic E-state index is -0.361. The van der Waals surface area contributed by atoms with Gasteiger partial charge in [0.2, 0.25) is 0 Å². The van der Waals surface area contributed by atoms with E-state index in [0.29, 0.717) is 12.5 Å². The van der Waals surface area contributed by atoms with Gasteiger partial charge < -0.3 is 15.4 Å². The fourth-order valence-electron chi connectivity index (χ4n) is 3.22. The summed E-state index contributed by atoms with van der Waals surface area (Å²) >= 11 is 0. The van der Waals surface area contributed by atoms with E-state index in [2.05, 4.69) is 39.6 Å². The summed E-state index contributed by atoms with van der Waals surface area (Å²) < 4.78 is 21.4. The molecular weight excluding hydrogens is 498 g/mol. The number of aromatic nitrogens is 3. The van der Waals surface area contributed by atoms with Gasteiger partial charge in [0.15, 0.2) is 23.4 Å². The third-order valence-electron chi connectivity index (χ3n) is 4.75. The molecule has 2 atom stereocenters. The molecule has 0 fully saturated rings. The van der Waals surface area contributed by atoms with Crippen molar-refractivity contribution in [1.82, 2.24) is 25.4 Å². The van der Waals surface area contributed by atoms with E-state index in [0.717, 1.165) is 43.5 Å². The van der Waals surface area contributed by atoms with E-state index in [1.165, 1.54) is 6.07 Å². The molecule has 2 N–H and O–H groups in total. The first-order valence-corrected chi connectivity index (χ1v) is 10.4. The lowest BCUT2D eigenvalue weighted by Gasteiger charge is -2.25. The van der Waals surface area contributed by atoms with Crippen LogP contribution in [0.4, 0.5) is 4.39 Å². The van der Waals surface area contributed by atoms with E-state index in [9.17, 15) is 4.39 Å². The Kier molecular flexibility index (Phi) is 9.32. The maximum atomic E-state index is 13.8. The number of fused-ring (bicyclic) bond motifs is 1. The summed E-state index contributed by atoms with van der Waals surface area (Å²) in [4.78, 5) is 9.26. The molecule has 2 heterocycles. The molecule has 1 aliphatic rings. The molecule has 166 valence electrons. The van der Waals surface area contributed by atoms with Crippen molar-refractivity contribution in [2.45, 2.75) is 65.1 Å². The molecule has 0 radical (unpaired) electrons. The van der Waals surface area contributed by atoms with Crippen LogP contribution < -0.4 is 15.4 Å². The number of para-hydroxylation sites is 1. The molecule has 7 nitrogen and oxygen atoms in total. The van der Waals surface area contributed by atoms with Gasteiger partial charge in [-0.1, -0.05) is 26.0 Å². The number of benzene rings is 1. The molecule has 1 aromatic heterocycles. The number of ether oxygens (including phenoxy) is 1. The van der Waals surface area contributed by atoms with Crippen LogP contribution in [0.15, 0.2) is 29.3 Å². The molecule has 2 aromatic rings. The highest BCUT2D eigenvalue weighted by molar-refractivity contribution is 14.0. The number of nitrogens with one attached hydrogen (secondary N) is 2. The summed E-state index contributed by atoms with van der Waals surface area (Å²) in [5.74, 6) is 2.91. The normalized spacial score (nSPS) is 17.1. The maximum Gasteiger partial charge on any atom is 0.191 e. The Balaban J connectivity index is 0.00000320. The van der Waals surface area contributed by atoms with Gasteiger partial charge in [0.1, 0.15) is 11.9 Å². The molecule has 0 amide bonds. The molecule has 2 unspecified atom stereocenters. The second-order valence-electron chi connectivity index (χ2n) is 7.68. The lowest BCUT2D eigenvalue weighted by molar-refractivity contribution is 0.220. The van der Waals surface area contributed by atoms with Gasteiger partial charge >= 0.3 is 0 Å². The Morgan fingerprint density at radius 3 is 2.80 bits per heavy atom. The molecule has 0 bridgehead atoms. The molecule has 30 heavy (non-hydrogen) atoms. The van der Waals surface area contributed by atoms with Gasteiger partial charge in [-0.15, -0.1) is 24.0 Å². The Morgan fingerprint density at radius 2 is 2.10 bits per heavy atom. The number of hydrogen-bond donors (Lipinski definition) is 2. The number of nitrogens with zero attached hydrogens (tertiary/aromatic N) is 4. The van der Waals surface area contributed by atoms with Crippen LogP contribution in [-0.2, 0) is 13.0 Å². The monoisotopic (exact) mass is 530 g/mol. The van der Waals surface area contributed by atoms with E-state index < -0.39 is 0 Å². The van der Waals surface area contributed by atoms with Crippen LogP contribution in [0.2, 0.25) is 0 Å². The number of hydrogen-bond acceptors (Lipinski definition) is 4. The predicted molar refractivity (Wildman–Crippen MR) is 127 cm³/mol. The summed E-state index contributed by atoms with van der Waals surface area (Å²) in [5.41, 5.74) is 0. The molecule has 1 aromatic carbocycles. The third kappa shape index (κ3) is 6.55. The first kappa shape index (κ1) is 24.4. The quantitative estimate of drug-likeness (QED) is 0.326. The Morgan fingerprint density at radius 1 is 1.33 bits per heavy atom. The average molecular weight is 530 g/mol.